The Morgan fingerprint density at radius 1 is 0.436 bits per heavy atom. The molecule has 0 spiro atoms. The maximum absolute atomic E-state index is 5.88. The van der Waals surface area contributed by atoms with Crippen molar-refractivity contribution in [3.63, 3.8) is 0 Å². The van der Waals surface area contributed by atoms with Gasteiger partial charge >= 0.3 is 0 Å². The van der Waals surface area contributed by atoms with Gasteiger partial charge in [-0.05, 0) is 119 Å². The molecular formula is C82H90N20O8. The van der Waals surface area contributed by atoms with E-state index in [0.717, 1.165) is 275 Å². The monoisotopic (exact) mass is 1480 g/mol. The molecule has 0 amide bonds. The molecule has 0 radical (unpaired) electrons. The molecule has 1 unspecified atom stereocenters. The number of anilines is 9. The summed E-state index contributed by atoms with van der Waals surface area (Å²) in [5.74, 6) is 5.87. The largest absolute Gasteiger partial charge is 0.495 e. The van der Waals surface area contributed by atoms with Crippen molar-refractivity contribution in [3.05, 3.63) is 170 Å². The number of rotatable bonds is 14. The van der Waals surface area contributed by atoms with Crippen LogP contribution in [0.1, 0.15) is 49.8 Å². The lowest BCUT2D eigenvalue weighted by molar-refractivity contribution is -0.0277. The van der Waals surface area contributed by atoms with Gasteiger partial charge < -0.3 is 81.7 Å². The predicted molar refractivity (Wildman–Crippen MR) is 421 cm³/mol. The molecule has 2 atom stereocenters. The molecule has 17 heterocycles. The van der Waals surface area contributed by atoms with Crippen molar-refractivity contribution < 1.29 is 37.9 Å². The van der Waals surface area contributed by atoms with Crippen LogP contribution >= 0.6 is 0 Å². The van der Waals surface area contributed by atoms with Crippen molar-refractivity contribution in [3.8, 4) is 62.9 Å². The molecule has 9 aromatic heterocycles. The Morgan fingerprint density at radius 3 is 1.32 bits per heavy atom. The molecule has 8 aliphatic rings. The second kappa shape index (κ2) is 30.9. The van der Waals surface area contributed by atoms with Crippen molar-refractivity contribution in [1.29, 1.82) is 0 Å². The van der Waals surface area contributed by atoms with Gasteiger partial charge in [0.25, 0.3) is 0 Å². The first-order chi connectivity index (χ1) is 54.0. The number of benzene rings is 3. The normalized spacial score (nSPS) is 18.8. The lowest BCUT2D eigenvalue weighted by Crippen LogP contribution is -2.58. The van der Waals surface area contributed by atoms with Crippen LogP contribution in [0.2, 0.25) is 0 Å². The molecule has 3 aromatic carbocycles. The summed E-state index contributed by atoms with van der Waals surface area (Å²) in [7, 11) is 3.42. The molecule has 8 aliphatic heterocycles. The predicted octanol–water partition coefficient (Wildman–Crippen LogP) is 11.3. The summed E-state index contributed by atoms with van der Waals surface area (Å²) in [5.41, 5.74) is 16.9. The summed E-state index contributed by atoms with van der Waals surface area (Å²) in [6, 6.07) is 28.3. The maximum atomic E-state index is 5.88. The van der Waals surface area contributed by atoms with Crippen molar-refractivity contribution in [2.24, 2.45) is 0 Å². The first kappa shape index (κ1) is 70.3. The third-order valence-electron chi connectivity index (χ3n) is 21.6. The van der Waals surface area contributed by atoms with E-state index >= 15 is 0 Å². The standard InChI is InChI=1S/C28H31N7O3.C27H29N7O2.C27H30N6O3/c1-36-25-14-21(4-5-24(25)34-9-8-33-10-12-37-18-22(33)16-34)31-26-27-29-6-7-35(27)17-23(32-26)20-13-19-3-2-11-38-28(19)30-15-20;1-2-19-14-20(15-29-27(19)36-12-1)24-17-34-8-7-28-26(34)25(31-24)30-21-3-5-22(6-4-21)33-10-9-32-11-13-35-18-23(32)16-33;1-27(2)17-33(10-12-36-27)22-7-6-20(14-23(22)34-3)30-24-25-28-8-9-32(25)16-21(31-24)19-13-18-5-4-11-35-26(18)29-15-19/h4-7,13-15,17,22H,2-3,8-12,16,18H2,1H3,(H,31,32);3-8,14-15,17,23H,1-2,9-13,16,18H2,(H,30,31);6-9,13-16H,4-5,10-12,17H2,1-3H3,(H,30,31)/t22-;;/m0../s1. The van der Waals surface area contributed by atoms with Gasteiger partial charge in [-0.1, -0.05) is 0 Å². The molecule has 3 N–H and O–H groups in total. The van der Waals surface area contributed by atoms with E-state index in [4.69, 9.17) is 52.8 Å². The summed E-state index contributed by atoms with van der Waals surface area (Å²) < 4.78 is 52.0. The summed E-state index contributed by atoms with van der Waals surface area (Å²) in [5, 5.41) is 10.4. The van der Waals surface area contributed by atoms with Crippen LogP contribution in [0, 0.1) is 0 Å². The summed E-state index contributed by atoms with van der Waals surface area (Å²) >= 11 is 0. The maximum Gasteiger partial charge on any atom is 0.216 e. The molecule has 12 aromatic rings. The van der Waals surface area contributed by atoms with E-state index in [1.807, 2.05) is 87.2 Å². The molecule has 0 saturated carbocycles. The molecule has 5 fully saturated rings. The van der Waals surface area contributed by atoms with Gasteiger partial charge in [-0.2, -0.15) is 0 Å². The van der Waals surface area contributed by atoms with Crippen LogP contribution in [-0.2, 0) is 33.5 Å². The lowest BCUT2D eigenvalue weighted by Gasteiger charge is -2.44. The van der Waals surface area contributed by atoms with Crippen LogP contribution in [-0.4, -0.2) is 218 Å². The Hall–Kier alpha value is -11.4. The van der Waals surface area contributed by atoms with E-state index in [0.29, 0.717) is 36.1 Å². The number of hydrogen-bond donors (Lipinski definition) is 3. The Kier molecular flexibility index (Phi) is 19.7. The second-order valence-corrected chi connectivity index (χ2v) is 29.5. The zero-order chi connectivity index (χ0) is 74.1. The molecular weight excluding hydrogens is 1390 g/mol. The van der Waals surface area contributed by atoms with Crippen molar-refractivity contribution in [2.75, 3.05) is 163 Å². The molecule has 28 nitrogen and oxygen atoms in total. The SMILES string of the molecule is COc1cc(Nc2nc(-c3cnc4c(c3)CCCO4)cn3ccnc23)ccc1N1CCN2CCOC[C@@H]2C1.COc1cc(Nc2nc(-c3cnc4c(c3)CCCO4)cn3ccnc23)ccc1N1CCOC(C)(C)C1.c1cn2cc(-c3cnc4c(c3)CCCO4)nc(Nc3ccc(N4CCN5CCOCC5C4)cc3)c2n1. The van der Waals surface area contributed by atoms with E-state index in [1.165, 1.54) is 5.69 Å². The van der Waals surface area contributed by atoms with E-state index in [9.17, 15) is 0 Å². The van der Waals surface area contributed by atoms with Crippen LogP contribution in [0.25, 0.3) is 50.7 Å². The number of ether oxygens (including phenoxy) is 8. The average molecular weight is 1480 g/mol. The van der Waals surface area contributed by atoms with Crippen LogP contribution < -0.4 is 54.3 Å². The molecule has 20 rings (SSSR count). The minimum atomic E-state index is -0.200. The van der Waals surface area contributed by atoms with Crippen LogP contribution in [0.4, 0.5) is 51.6 Å². The third kappa shape index (κ3) is 15.0. The van der Waals surface area contributed by atoms with Crippen molar-refractivity contribution >= 4 is 68.5 Å². The summed E-state index contributed by atoms with van der Waals surface area (Å²) in [6.45, 7) is 20.1. The first-order valence-electron chi connectivity index (χ1n) is 38.2. The summed E-state index contributed by atoms with van der Waals surface area (Å²) in [4.78, 5) is 54.3. The molecule has 0 bridgehead atoms. The highest BCUT2D eigenvalue weighted by Crippen LogP contribution is 2.40. The van der Waals surface area contributed by atoms with E-state index < -0.39 is 0 Å². The van der Waals surface area contributed by atoms with Crippen LogP contribution in [0.3, 0.4) is 0 Å². The Labute approximate surface area is 637 Å². The molecule has 110 heavy (non-hydrogen) atoms. The zero-order valence-corrected chi connectivity index (χ0v) is 62.4. The number of nitrogens with zero attached hydrogens (tertiary/aromatic N) is 17. The molecule has 5 saturated heterocycles. The number of morpholine rings is 3. The van der Waals surface area contributed by atoms with Gasteiger partial charge in [0.05, 0.1) is 113 Å². The zero-order valence-electron chi connectivity index (χ0n) is 62.4. The number of nitrogens with one attached hydrogen (secondary N) is 3. The highest BCUT2D eigenvalue weighted by Gasteiger charge is 2.34. The lowest BCUT2D eigenvalue weighted by atomic mass is 10.1. The first-order valence-corrected chi connectivity index (χ1v) is 38.2. The van der Waals surface area contributed by atoms with Gasteiger partial charge in [0.2, 0.25) is 17.6 Å². The number of piperazine rings is 2. The van der Waals surface area contributed by atoms with Crippen molar-refractivity contribution in [2.45, 2.75) is 70.1 Å². The fraction of sp³-hybridized carbons (Fsp3) is 0.378. The number of hydrogen-bond acceptors (Lipinski definition) is 25. The number of fused-ring (bicyclic) bond motifs is 8. The highest BCUT2D eigenvalue weighted by molar-refractivity contribution is 5.79. The van der Waals surface area contributed by atoms with Crippen molar-refractivity contribution in [1.82, 2.24) is 67.9 Å². The van der Waals surface area contributed by atoms with Gasteiger partial charge in [-0.3, -0.25) is 9.80 Å². The fourth-order valence-corrected chi connectivity index (χ4v) is 16.0. The topological polar surface area (TPSA) is 255 Å². The number of imidazole rings is 3. The molecule has 0 aliphatic carbocycles. The second-order valence-electron chi connectivity index (χ2n) is 29.5. The minimum Gasteiger partial charge on any atom is -0.495 e. The van der Waals surface area contributed by atoms with Crippen LogP contribution in [0.5, 0.6) is 29.1 Å². The van der Waals surface area contributed by atoms with Gasteiger partial charge in [-0.25, -0.2) is 44.9 Å². The Balaban J connectivity index is 0.000000116. The number of pyridine rings is 3. The van der Waals surface area contributed by atoms with Crippen LogP contribution in [0.15, 0.2) is 153 Å². The summed E-state index contributed by atoms with van der Waals surface area (Å²) in [6.07, 6.45) is 28.5. The van der Waals surface area contributed by atoms with E-state index in [2.05, 4.69) is 145 Å². The van der Waals surface area contributed by atoms with Gasteiger partial charge in [0, 0.05) is 208 Å². The van der Waals surface area contributed by atoms with E-state index in [-0.39, 0.29) is 5.60 Å². The smallest absolute Gasteiger partial charge is 0.216 e. The number of aromatic nitrogens is 12. The number of aryl methyl sites for hydroxylation is 3. The molecule has 28 heteroatoms. The molecule has 566 valence electrons. The Morgan fingerprint density at radius 2 is 0.864 bits per heavy atom. The van der Waals surface area contributed by atoms with E-state index in [1.54, 1.807) is 32.8 Å². The fourth-order valence-electron chi connectivity index (χ4n) is 16.0. The van der Waals surface area contributed by atoms with Gasteiger partial charge in [-0.15, -0.1) is 0 Å². The quantitative estimate of drug-likeness (QED) is 0.0914. The minimum absolute atomic E-state index is 0.200. The van der Waals surface area contributed by atoms with Gasteiger partial charge in [0.15, 0.2) is 34.4 Å². The third-order valence-corrected chi connectivity index (χ3v) is 21.6. The van der Waals surface area contributed by atoms with Gasteiger partial charge in [0.1, 0.15) is 11.5 Å². The average Bonchev–Trinajstić information content (AvgIpc) is 1.52. The highest BCUT2D eigenvalue weighted by atomic mass is 16.5. The Bertz CT molecular complexity index is 5300. The number of methoxy groups -OCH3 is 2.